The van der Waals surface area contributed by atoms with Crippen LogP contribution in [0.5, 0.6) is 0 Å². The van der Waals surface area contributed by atoms with Gasteiger partial charge < -0.3 is 4.74 Å². The third-order valence-electron chi connectivity index (χ3n) is 7.06. The van der Waals surface area contributed by atoms with Crippen molar-refractivity contribution in [3.8, 4) is 0 Å². The number of carbonyl (C=O) groups excluding carboxylic acids is 4. The van der Waals surface area contributed by atoms with Crippen LogP contribution in [0.2, 0.25) is 5.02 Å². The van der Waals surface area contributed by atoms with Gasteiger partial charge in [-0.25, -0.2) is 0 Å². The van der Waals surface area contributed by atoms with Crippen molar-refractivity contribution in [1.29, 1.82) is 0 Å². The van der Waals surface area contributed by atoms with E-state index in [1.807, 2.05) is 0 Å². The minimum atomic E-state index is -2.06. The van der Waals surface area contributed by atoms with Gasteiger partial charge in [0.2, 0.25) is 29.0 Å². The maximum absolute atomic E-state index is 13.8. The molecule has 3 atom stereocenters. The first-order valence-corrected chi connectivity index (χ1v) is 12.2. The van der Waals surface area contributed by atoms with Crippen molar-refractivity contribution < 1.29 is 23.9 Å². The number of ether oxygens (including phenoxy) is 1. The minimum Gasteiger partial charge on any atom is -0.349 e. The van der Waals surface area contributed by atoms with Gasteiger partial charge in [-0.2, -0.15) is 0 Å². The molecular weight excluding hydrogens is 534 g/mol. The smallest absolute Gasteiger partial charge is 0.237 e. The molecule has 1 spiro atoms. The predicted octanol–water partition coefficient (Wildman–Crippen LogP) is 4.79. The molecule has 35 heavy (non-hydrogen) atoms. The van der Waals surface area contributed by atoms with E-state index >= 15 is 0 Å². The highest BCUT2D eigenvalue weighted by Crippen LogP contribution is 2.57. The van der Waals surface area contributed by atoms with Gasteiger partial charge >= 0.3 is 0 Å². The van der Waals surface area contributed by atoms with Gasteiger partial charge in [-0.15, -0.1) is 0 Å². The normalized spacial score (nSPS) is 24.4. The SMILES string of the molecule is O=C1[C@H]2[C@@H](C(=O)N1Cc1ccc(Cl)cc1)C1(O[C@H]2c2ccc(Br)cc2)C(=O)c2ccccc2C1=O. The Bertz CT molecular complexity index is 1380. The molecule has 3 aromatic rings. The van der Waals surface area contributed by atoms with Crippen LogP contribution in [0.1, 0.15) is 37.9 Å². The molecule has 0 radical (unpaired) electrons. The second-order valence-electron chi connectivity index (χ2n) is 8.92. The van der Waals surface area contributed by atoms with Crippen molar-refractivity contribution in [2.75, 3.05) is 0 Å². The lowest BCUT2D eigenvalue weighted by molar-refractivity contribution is -0.145. The molecule has 3 aliphatic rings. The highest BCUT2D eigenvalue weighted by Gasteiger charge is 2.74. The number of benzene rings is 3. The van der Waals surface area contributed by atoms with Crippen molar-refractivity contribution in [1.82, 2.24) is 4.90 Å². The van der Waals surface area contributed by atoms with Crippen LogP contribution < -0.4 is 0 Å². The molecule has 2 amide bonds. The number of rotatable bonds is 3. The van der Waals surface area contributed by atoms with Crippen LogP contribution in [-0.4, -0.2) is 33.9 Å². The van der Waals surface area contributed by atoms with Crippen LogP contribution in [0, 0.1) is 11.8 Å². The molecular formula is C27H17BrClNO5. The van der Waals surface area contributed by atoms with Gasteiger partial charge in [0.25, 0.3) is 0 Å². The Labute approximate surface area is 214 Å². The van der Waals surface area contributed by atoms with E-state index in [2.05, 4.69) is 15.9 Å². The van der Waals surface area contributed by atoms with Gasteiger partial charge in [0.05, 0.1) is 24.5 Å². The molecule has 0 aromatic heterocycles. The summed E-state index contributed by atoms with van der Waals surface area (Å²) in [4.78, 5) is 56.1. The maximum Gasteiger partial charge on any atom is 0.237 e. The number of carbonyl (C=O) groups is 4. The van der Waals surface area contributed by atoms with Crippen molar-refractivity contribution in [3.63, 3.8) is 0 Å². The Morgan fingerprint density at radius 3 is 2.03 bits per heavy atom. The fraction of sp³-hybridized carbons (Fsp3) is 0.185. The van der Waals surface area contributed by atoms with Crippen molar-refractivity contribution in [2.45, 2.75) is 18.2 Å². The molecule has 1 aliphatic carbocycles. The summed E-state index contributed by atoms with van der Waals surface area (Å²) in [6, 6.07) is 20.4. The fourth-order valence-electron chi connectivity index (χ4n) is 5.46. The van der Waals surface area contributed by atoms with Crippen LogP contribution in [0.3, 0.4) is 0 Å². The predicted molar refractivity (Wildman–Crippen MR) is 130 cm³/mol. The van der Waals surface area contributed by atoms with Gasteiger partial charge in [-0.05, 0) is 35.4 Å². The molecule has 2 aliphatic heterocycles. The Kier molecular flexibility index (Phi) is 5.07. The summed E-state index contributed by atoms with van der Waals surface area (Å²) >= 11 is 9.37. The van der Waals surface area contributed by atoms with Crippen molar-refractivity contribution in [2.24, 2.45) is 11.8 Å². The maximum atomic E-state index is 13.8. The number of hydrogen-bond acceptors (Lipinski definition) is 5. The first-order chi connectivity index (χ1) is 16.8. The summed E-state index contributed by atoms with van der Waals surface area (Å²) in [5.74, 6) is -4.42. The molecule has 0 unspecified atom stereocenters. The standard InChI is InChI=1S/C27H17BrClNO5/c28-16-9-7-15(8-10-16)22-20-21(26(34)30(25(20)33)13-14-5-11-17(29)12-6-14)27(35-22)23(31)18-3-1-2-4-19(18)24(27)32/h1-12,20-22H,13H2/t20-,21-,22-/m0/s1. The fourth-order valence-corrected chi connectivity index (χ4v) is 5.85. The molecule has 6 nitrogen and oxygen atoms in total. The number of Topliss-reactive ketones (excluding diaryl/α,β-unsaturated/α-hetero) is 2. The molecule has 2 heterocycles. The summed E-state index contributed by atoms with van der Waals surface area (Å²) < 4.78 is 7.09. The lowest BCUT2D eigenvalue weighted by atomic mass is 9.77. The summed E-state index contributed by atoms with van der Waals surface area (Å²) in [5.41, 5.74) is -0.314. The van der Waals surface area contributed by atoms with E-state index in [9.17, 15) is 19.2 Å². The zero-order valence-corrected chi connectivity index (χ0v) is 20.5. The summed E-state index contributed by atoms with van der Waals surface area (Å²) in [5, 5.41) is 0.535. The van der Waals surface area contributed by atoms with Crippen LogP contribution in [0.4, 0.5) is 0 Å². The second-order valence-corrected chi connectivity index (χ2v) is 10.3. The van der Waals surface area contributed by atoms with E-state index in [4.69, 9.17) is 16.3 Å². The lowest BCUT2D eigenvalue weighted by Crippen LogP contribution is -2.50. The number of imide groups is 1. The van der Waals surface area contributed by atoms with Crippen molar-refractivity contribution >= 4 is 50.9 Å². The Balaban J connectivity index is 1.48. The zero-order chi connectivity index (χ0) is 24.5. The third-order valence-corrected chi connectivity index (χ3v) is 7.84. The quantitative estimate of drug-likeness (QED) is 0.346. The average molecular weight is 551 g/mol. The molecule has 174 valence electrons. The van der Waals surface area contributed by atoms with Crippen LogP contribution in [0.25, 0.3) is 0 Å². The van der Waals surface area contributed by atoms with E-state index in [-0.39, 0.29) is 17.7 Å². The highest BCUT2D eigenvalue weighted by atomic mass is 79.9. The van der Waals surface area contributed by atoms with Crippen molar-refractivity contribution in [3.05, 3.63) is 105 Å². The van der Waals surface area contributed by atoms with Crippen LogP contribution in [0.15, 0.2) is 77.3 Å². The number of hydrogen-bond donors (Lipinski definition) is 0. The van der Waals surface area contributed by atoms with E-state index in [1.54, 1.807) is 72.8 Å². The summed E-state index contributed by atoms with van der Waals surface area (Å²) in [6.45, 7) is 0.0142. The van der Waals surface area contributed by atoms with E-state index in [0.717, 1.165) is 9.37 Å². The lowest BCUT2D eigenvalue weighted by Gasteiger charge is -2.27. The molecule has 6 rings (SSSR count). The number of amides is 2. The zero-order valence-electron chi connectivity index (χ0n) is 18.1. The van der Waals surface area contributed by atoms with Gasteiger partial charge in [-0.1, -0.05) is 76.1 Å². The van der Waals surface area contributed by atoms with Crippen LogP contribution >= 0.6 is 27.5 Å². The number of ketones is 2. The first kappa shape index (κ1) is 22.3. The Hall–Kier alpha value is -3.13. The van der Waals surface area contributed by atoms with Gasteiger partial charge in [0, 0.05) is 20.6 Å². The topological polar surface area (TPSA) is 80.8 Å². The molecule has 0 N–H and O–H groups in total. The molecule has 8 heteroatoms. The number of likely N-dealkylation sites (tertiary alicyclic amines) is 1. The highest BCUT2D eigenvalue weighted by molar-refractivity contribution is 9.10. The summed E-state index contributed by atoms with van der Waals surface area (Å²) in [6.07, 6.45) is -0.929. The molecule has 0 bridgehead atoms. The van der Waals surface area contributed by atoms with Crippen LogP contribution in [-0.2, 0) is 20.9 Å². The Morgan fingerprint density at radius 2 is 1.43 bits per heavy atom. The molecule has 2 fully saturated rings. The number of nitrogens with zero attached hydrogens (tertiary/aromatic N) is 1. The van der Waals surface area contributed by atoms with E-state index in [1.165, 1.54) is 0 Å². The molecule has 2 saturated heterocycles. The van der Waals surface area contributed by atoms with E-state index in [0.29, 0.717) is 16.1 Å². The van der Waals surface area contributed by atoms with Gasteiger partial charge in [0.15, 0.2) is 0 Å². The third kappa shape index (κ3) is 3.12. The first-order valence-electron chi connectivity index (χ1n) is 11.0. The molecule has 3 aromatic carbocycles. The molecule has 0 saturated carbocycles. The Morgan fingerprint density at radius 1 is 0.829 bits per heavy atom. The minimum absolute atomic E-state index is 0.0142. The van der Waals surface area contributed by atoms with E-state index < -0.39 is 46.9 Å². The van der Waals surface area contributed by atoms with Gasteiger partial charge in [0.1, 0.15) is 0 Å². The number of halogens is 2. The second kappa shape index (κ2) is 7.95. The van der Waals surface area contributed by atoms with Gasteiger partial charge in [-0.3, -0.25) is 24.1 Å². The number of fused-ring (bicyclic) bond motifs is 3. The largest absolute Gasteiger partial charge is 0.349 e. The monoisotopic (exact) mass is 549 g/mol. The average Bonchev–Trinajstić information content (AvgIpc) is 3.42. The summed E-state index contributed by atoms with van der Waals surface area (Å²) in [7, 11) is 0.